The van der Waals surface area contributed by atoms with Crippen molar-refractivity contribution in [3.63, 3.8) is 0 Å². The van der Waals surface area contributed by atoms with Gasteiger partial charge in [-0.2, -0.15) is 0 Å². The van der Waals surface area contributed by atoms with Gasteiger partial charge < -0.3 is 10.8 Å². The summed E-state index contributed by atoms with van der Waals surface area (Å²) in [5, 5.41) is 8.64. The highest BCUT2D eigenvalue weighted by molar-refractivity contribution is 9.10. The van der Waals surface area contributed by atoms with Crippen LogP contribution in [0.15, 0.2) is 10.5 Å². The summed E-state index contributed by atoms with van der Waals surface area (Å²) in [7, 11) is 0. The summed E-state index contributed by atoms with van der Waals surface area (Å²) in [6.45, 7) is 0. The van der Waals surface area contributed by atoms with E-state index >= 15 is 0 Å². The molecule has 76 valence electrons. The predicted molar refractivity (Wildman–Crippen MR) is 48.3 cm³/mol. The minimum atomic E-state index is -2.87. The Hall–Kier alpha value is -1.24. The number of anilines is 1. The zero-order chi connectivity index (χ0) is 10.9. The summed E-state index contributed by atoms with van der Waals surface area (Å²) < 4.78 is 24.4. The second kappa shape index (κ2) is 3.87. The molecule has 4 nitrogen and oxygen atoms in total. The number of alkyl halides is 2. The van der Waals surface area contributed by atoms with Gasteiger partial charge in [-0.25, -0.2) is 18.6 Å². The second-order valence-corrected chi connectivity index (χ2v) is 3.19. The summed E-state index contributed by atoms with van der Waals surface area (Å²) in [6.07, 6.45) is -2.87. The molecule has 0 saturated carbocycles. The summed E-state index contributed by atoms with van der Waals surface area (Å²) in [6, 6.07) is 1.01. The third kappa shape index (κ3) is 1.98. The Kier molecular flexibility index (Phi) is 3.00. The van der Waals surface area contributed by atoms with E-state index in [2.05, 4.69) is 20.9 Å². The second-order valence-electron chi connectivity index (χ2n) is 2.40. The minimum Gasteiger partial charge on any atom is -0.478 e. The zero-order valence-electron chi connectivity index (χ0n) is 6.67. The van der Waals surface area contributed by atoms with E-state index in [1.807, 2.05) is 0 Å². The van der Waals surface area contributed by atoms with Crippen LogP contribution in [0.4, 0.5) is 14.6 Å². The van der Waals surface area contributed by atoms with Crippen molar-refractivity contribution in [3.05, 3.63) is 21.8 Å². The first-order valence-corrected chi connectivity index (χ1v) is 4.20. The molecular formula is C7H5BrF2N2O2. The topological polar surface area (TPSA) is 76.2 Å². The number of nitrogens with zero attached hydrogens (tertiary/aromatic N) is 1. The van der Waals surface area contributed by atoms with Crippen LogP contribution in [0, 0.1) is 0 Å². The van der Waals surface area contributed by atoms with Crippen molar-refractivity contribution < 1.29 is 18.7 Å². The average Bonchev–Trinajstić information content (AvgIpc) is 2.07. The molecule has 3 N–H and O–H groups in total. The molecule has 0 fully saturated rings. The molecule has 0 saturated heterocycles. The summed E-state index contributed by atoms with van der Waals surface area (Å²) in [5.74, 6) is -1.59. The number of rotatable bonds is 2. The molecule has 0 amide bonds. The third-order valence-corrected chi connectivity index (χ3v) is 2.27. The molecular weight excluding hydrogens is 262 g/mol. The van der Waals surface area contributed by atoms with Crippen molar-refractivity contribution >= 4 is 27.7 Å². The van der Waals surface area contributed by atoms with E-state index in [1.54, 1.807) is 0 Å². The van der Waals surface area contributed by atoms with Crippen molar-refractivity contribution in [3.8, 4) is 0 Å². The Morgan fingerprint density at radius 2 is 2.21 bits per heavy atom. The number of hydrogen-bond donors (Lipinski definition) is 2. The van der Waals surface area contributed by atoms with Gasteiger partial charge in [0.1, 0.15) is 11.5 Å². The van der Waals surface area contributed by atoms with Crippen molar-refractivity contribution in [2.75, 3.05) is 5.73 Å². The van der Waals surface area contributed by atoms with Crippen LogP contribution in [-0.4, -0.2) is 16.1 Å². The maximum atomic E-state index is 12.3. The fourth-order valence-corrected chi connectivity index (χ4v) is 1.42. The maximum absolute atomic E-state index is 12.3. The van der Waals surface area contributed by atoms with Gasteiger partial charge in [-0.1, -0.05) is 0 Å². The average molecular weight is 267 g/mol. The van der Waals surface area contributed by atoms with Crippen LogP contribution < -0.4 is 5.73 Å². The van der Waals surface area contributed by atoms with E-state index in [0.29, 0.717) is 0 Å². The number of aromatic carboxylic acids is 1. The fourth-order valence-electron chi connectivity index (χ4n) is 0.870. The van der Waals surface area contributed by atoms with E-state index in [1.165, 1.54) is 0 Å². The molecule has 0 aliphatic heterocycles. The van der Waals surface area contributed by atoms with Crippen LogP contribution in [0.1, 0.15) is 22.5 Å². The van der Waals surface area contributed by atoms with Crippen LogP contribution in [0.25, 0.3) is 0 Å². The lowest BCUT2D eigenvalue weighted by atomic mass is 10.2. The summed E-state index contributed by atoms with van der Waals surface area (Å²) in [4.78, 5) is 13.9. The molecule has 14 heavy (non-hydrogen) atoms. The van der Waals surface area contributed by atoms with Gasteiger partial charge in [0.25, 0.3) is 6.43 Å². The molecule has 1 heterocycles. The molecule has 1 aromatic heterocycles. The Morgan fingerprint density at radius 1 is 1.64 bits per heavy atom. The monoisotopic (exact) mass is 266 g/mol. The first kappa shape index (κ1) is 10.8. The van der Waals surface area contributed by atoms with Gasteiger partial charge in [0.2, 0.25) is 0 Å². The standard InChI is InChI=1S/C7H5BrF2N2O2/c8-4-2(7(13)14)1-3(11)12-5(4)6(9)10/h1,6H,(H2,11,12)(H,13,14). The lowest BCUT2D eigenvalue weighted by Gasteiger charge is -2.06. The van der Waals surface area contributed by atoms with Gasteiger partial charge in [0, 0.05) is 0 Å². The van der Waals surface area contributed by atoms with Gasteiger partial charge in [-0.15, -0.1) is 0 Å². The molecule has 0 unspecified atom stereocenters. The molecule has 0 spiro atoms. The smallest absolute Gasteiger partial charge is 0.337 e. The number of pyridine rings is 1. The van der Waals surface area contributed by atoms with Gasteiger partial charge in [0.15, 0.2) is 0 Å². The lowest BCUT2D eigenvalue weighted by molar-refractivity contribution is 0.0695. The van der Waals surface area contributed by atoms with E-state index in [0.717, 1.165) is 6.07 Å². The van der Waals surface area contributed by atoms with Crippen LogP contribution >= 0.6 is 15.9 Å². The van der Waals surface area contributed by atoms with Crippen molar-refractivity contribution in [1.29, 1.82) is 0 Å². The number of carboxylic acids is 1. The van der Waals surface area contributed by atoms with Crippen molar-refractivity contribution in [2.45, 2.75) is 6.43 Å². The Labute approximate surface area is 85.9 Å². The third-order valence-electron chi connectivity index (χ3n) is 1.44. The highest BCUT2D eigenvalue weighted by Crippen LogP contribution is 2.29. The lowest BCUT2D eigenvalue weighted by Crippen LogP contribution is -2.06. The normalized spacial score (nSPS) is 10.6. The molecule has 0 aliphatic carbocycles. The Balaban J connectivity index is 3.40. The van der Waals surface area contributed by atoms with Gasteiger partial charge in [-0.3, -0.25) is 0 Å². The largest absolute Gasteiger partial charge is 0.478 e. The molecule has 7 heteroatoms. The Bertz CT molecular complexity index is 384. The van der Waals surface area contributed by atoms with E-state index < -0.39 is 18.1 Å². The molecule has 1 aromatic rings. The number of hydrogen-bond acceptors (Lipinski definition) is 3. The molecule has 0 aliphatic rings. The molecule has 0 radical (unpaired) electrons. The van der Waals surface area contributed by atoms with Gasteiger partial charge in [0.05, 0.1) is 10.0 Å². The van der Waals surface area contributed by atoms with E-state index in [4.69, 9.17) is 10.8 Å². The quantitative estimate of drug-likeness (QED) is 0.859. The molecule has 1 rings (SSSR count). The minimum absolute atomic E-state index is 0.241. The number of carboxylic acid groups (broad SMARTS) is 1. The van der Waals surface area contributed by atoms with Gasteiger partial charge >= 0.3 is 5.97 Å². The zero-order valence-corrected chi connectivity index (χ0v) is 8.25. The molecule has 0 atom stereocenters. The highest BCUT2D eigenvalue weighted by atomic mass is 79.9. The SMILES string of the molecule is Nc1cc(C(=O)O)c(Br)c(C(F)F)n1. The first-order chi connectivity index (χ1) is 6.43. The summed E-state index contributed by atoms with van der Waals surface area (Å²) >= 11 is 2.74. The van der Waals surface area contributed by atoms with Crippen LogP contribution in [0.2, 0.25) is 0 Å². The van der Waals surface area contributed by atoms with Crippen molar-refractivity contribution in [2.24, 2.45) is 0 Å². The van der Waals surface area contributed by atoms with Crippen molar-refractivity contribution in [1.82, 2.24) is 4.98 Å². The van der Waals surface area contributed by atoms with Crippen LogP contribution in [0.5, 0.6) is 0 Å². The number of carbonyl (C=O) groups is 1. The predicted octanol–water partition coefficient (Wildman–Crippen LogP) is 2.06. The van der Waals surface area contributed by atoms with E-state index in [-0.39, 0.29) is 15.9 Å². The molecule has 0 bridgehead atoms. The maximum Gasteiger partial charge on any atom is 0.337 e. The van der Waals surface area contributed by atoms with Crippen LogP contribution in [0.3, 0.4) is 0 Å². The van der Waals surface area contributed by atoms with Crippen LogP contribution in [-0.2, 0) is 0 Å². The summed E-state index contributed by atoms with van der Waals surface area (Å²) in [5.41, 5.74) is 4.18. The Morgan fingerprint density at radius 3 is 2.64 bits per heavy atom. The fraction of sp³-hybridized carbons (Fsp3) is 0.143. The number of halogens is 3. The highest BCUT2D eigenvalue weighted by Gasteiger charge is 2.20. The first-order valence-electron chi connectivity index (χ1n) is 3.41. The number of aromatic nitrogens is 1. The van der Waals surface area contributed by atoms with Gasteiger partial charge in [-0.05, 0) is 22.0 Å². The number of nitrogen functional groups attached to an aromatic ring is 1. The molecule has 0 aromatic carbocycles. The number of nitrogens with two attached hydrogens (primary N) is 1. The van der Waals surface area contributed by atoms with E-state index in [9.17, 15) is 13.6 Å².